The maximum atomic E-state index is 5.22. The summed E-state index contributed by atoms with van der Waals surface area (Å²) in [5, 5.41) is 0. The molecule has 0 bridgehead atoms. The normalized spacial score (nSPS) is 9.50. The van der Waals surface area contributed by atoms with E-state index in [0.717, 1.165) is 23.2 Å². The van der Waals surface area contributed by atoms with Crippen LogP contribution in [0.2, 0.25) is 0 Å². The zero-order chi connectivity index (χ0) is 9.40. The van der Waals surface area contributed by atoms with Crippen molar-refractivity contribution in [2.75, 3.05) is 18.8 Å². The van der Waals surface area contributed by atoms with Crippen molar-refractivity contribution < 1.29 is 0 Å². The topological polar surface area (TPSA) is 3.24 Å². The van der Waals surface area contributed by atoms with Gasteiger partial charge in [0.1, 0.15) is 4.32 Å². The fraction of sp³-hybridized carbons (Fsp3) is 0.625. The molecule has 0 aromatic rings. The van der Waals surface area contributed by atoms with E-state index in [1.54, 1.807) is 21.6 Å². The van der Waals surface area contributed by atoms with Crippen LogP contribution in [-0.4, -0.2) is 28.1 Å². The molecule has 0 saturated carbocycles. The highest BCUT2D eigenvalue weighted by molar-refractivity contribution is 8.83. The van der Waals surface area contributed by atoms with Gasteiger partial charge in [0.05, 0.1) is 0 Å². The van der Waals surface area contributed by atoms with Gasteiger partial charge >= 0.3 is 0 Å². The number of rotatable bonds is 5. The van der Waals surface area contributed by atoms with Crippen LogP contribution in [0, 0.1) is 0 Å². The smallest absolute Gasteiger partial charge is 0.147 e. The summed E-state index contributed by atoms with van der Waals surface area (Å²) in [5.74, 6) is 0.950. The Kier molecular flexibility index (Phi) is 8.17. The lowest BCUT2D eigenvalue weighted by Gasteiger charge is -2.19. The summed E-state index contributed by atoms with van der Waals surface area (Å²) in [6, 6.07) is 0. The highest BCUT2D eigenvalue weighted by Crippen LogP contribution is 2.24. The van der Waals surface area contributed by atoms with Crippen LogP contribution < -0.4 is 0 Å². The molecule has 1 nitrogen and oxygen atoms in total. The second-order valence-electron chi connectivity index (χ2n) is 2.09. The van der Waals surface area contributed by atoms with Gasteiger partial charge in [0.25, 0.3) is 0 Å². The number of nitrogens with zero attached hydrogens (tertiary/aromatic N) is 1. The average molecular weight is 221 g/mol. The molecule has 0 rings (SSSR count). The van der Waals surface area contributed by atoms with Crippen LogP contribution in [0.5, 0.6) is 0 Å². The van der Waals surface area contributed by atoms with E-state index in [2.05, 4.69) is 25.3 Å². The molecule has 70 valence electrons. The minimum Gasteiger partial charge on any atom is -0.357 e. The summed E-state index contributed by atoms with van der Waals surface area (Å²) < 4.78 is 0.979. The van der Waals surface area contributed by atoms with E-state index >= 15 is 0 Å². The number of thiocarbonyl (C=S) groups is 1. The van der Waals surface area contributed by atoms with Crippen LogP contribution in [0.25, 0.3) is 0 Å². The van der Waals surface area contributed by atoms with Gasteiger partial charge in [0.15, 0.2) is 0 Å². The predicted octanol–water partition coefficient (Wildman–Crippen LogP) is 3.18. The van der Waals surface area contributed by atoms with Crippen LogP contribution in [0.1, 0.15) is 13.8 Å². The van der Waals surface area contributed by atoms with E-state index < -0.39 is 0 Å². The molecule has 0 saturated heterocycles. The first-order chi connectivity index (χ1) is 5.76. The zero-order valence-corrected chi connectivity index (χ0v) is 10.0. The monoisotopic (exact) mass is 221 g/mol. The second-order valence-corrected chi connectivity index (χ2v) is 5.07. The zero-order valence-electron chi connectivity index (χ0n) is 7.58. The van der Waals surface area contributed by atoms with Crippen LogP contribution in [-0.2, 0) is 0 Å². The van der Waals surface area contributed by atoms with Crippen LogP contribution >= 0.6 is 33.8 Å². The first-order valence-corrected chi connectivity index (χ1v) is 6.68. The van der Waals surface area contributed by atoms with Crippen molar-refractivity contribution in [1.29, 1.82) is 0 Å². The maximum Gasteiger partial charge on any atom is 0.147 e. The molecule has 4 heteroatoms. The standard InChI is InChI=1S/C8H15NS3/c1-4-7-11-12-8(10)9(5-2)6-3/h4H,1,5-7H2,2-3H3. The number of hydrogen-bond acceptors (Lipinski definition) is 3. The molecule has 0 N–H and O–H groups in total. The Morgan fingerprint density at radius 1 is 1.50 bits per heavy atom. The molecule has 0 radical (unpaired) electrons. The lowest BCUT2D eigenvalue weighted by Crippen LogP contribution is -2.25. The van der Waals surface area contributed by atoms with E-state index in [1.807, 2.05) is 6.08 Å². The Morgan fingerprint density at radius 2 is 2.08 bits per heavy atom. The molecule has 0 fully saturated rings. The van der Waals surface area contributed by atoms with Gasteiger partial charge < -0.3 is 4.90 Å². The molecular weight excluding hydrogens is 206 g/mol. The average Bonchev–Trinajstić information content (AvgIpc) is 2.07. The highest BCUT2D eigenvalue weighted by atomic mass is 33.1. The van der Waals surface area contributed by atoms with Gasteiger partial charge in [0, 0.05) is 18.8 Å². The third-order valence-electron chi connectivity index (χ3n) is 1.34. The maximum absolute atomic E-state index is 5.22. The van der Waals surface area contributed by atoms with E-state index in [1.165, 1.54) is 0 Å². The van der Waals surface area contributed by atoms with Gasteiger partial charge in [-0.15, -0.1) is 6.58 Å². The predicted molar refractivity (Wildman–Crippen MR) is 65.8 cm³/mol. The minimum absolute atomic E-state index is 0.950. The summed E-state index contributed by atoms with van der Waals surface area (Å²) in [7, 11) is 3.40. The third kappa shape index (κ3) is 5.06. The molecule has 0 heterocycles. The Bertz CT molecular complexity index is 143. The fourth-order valence-electron chi connectivity index (χ4n) is 0.667. The van der Waals surface area contributed by atoms with Gasteiger partial charge in [-0.25, -0.2) is 0 Å². The molecule has 0 amide bonds. The van der Waals surface area contributed by atoms with E-state index in [-0.39, 0.29) is 0 Å². The highest BCUT2D eigenvalue weighted by Gasteiger charge is 2.04. The van der Waals surface area contributed by atoms with Crippen molar-refractivity contribution in [2.24, 2.45) is 0 Å². The molecule has 0 aromatic carbocycles. The molecule has 0 aliphatic carbocycles. The van der Waals surface area contributed by atoms with Crippen molar-refractivity contribution in [3.63, 3.8) is 0 Å². The fourth-order valence-corrected chi connectivity index (χ4v) is 3.10. The van der Waals surface area contributed by atoms with Crippen molar-refractivity contribution >= 4 is 38.1 Å². The first kappa shape index (κ1) is 12.3. The van der Waals surface area contributed by atoms with Gasteiger partial charge in [0.2, 0.25) is 0 Å². The third-order valence-corrected chi connectivity index (χ3v) is 4.29. The largest absolute Gasteiger partial charge is 0.357 e. The molecule has 0 unspecified atom stereocenters. The molecule has 0 atom stereocenters. The Balaban J connectivity index is 3.61. The molecular formula is C8H15NS3. The van der Waals surface area contributed by atoms with Crippen molar-refractivity contribution in [2.45, 2.75) is 13.8 Å². The van der Waals surface area contributed by atoms with Gasteiger partial charge in [-0.3, -0.25) is 0 Å². The Labute approximate surface area is 88.4 Å². The Morgan fingerprint density at radius 3 is 2.50 bits per heavy atom. The SMILES string of the molecule is C=CCSSC(=S)N(CC)CC. The lowest BCUT2D eigenvalue weighted by molar-refractivity contribution is 0.482. The van der Waals surface area contributed by atoms with E-state index in [9.17, 15) is 0 Å². The molecule has 12 heavy (non-hydrogen) atoms. The van der Waals surface area contributed by atoms with Gasteiger partial charge in [-0.1, -0.05) is 29.1 Å². The Hall–Kier alpha value is 0.330. The van der Waals surface area contributed by atoms with Gasteiger partial charge in [-0.05, 0) is 24.6 Å². The summed E-state index contributed by atoms with van der Waals surface area (Å²) in [6.45, 7) is 9.88. The molecule has 0 aromatic heterocycles. The molecule has 0 aliphatic rings. The lowest BCUT2D eigenvalue weighted by atomic mass is 10.6. The van der Waals surface area contributed by atoms with Crippen LogP contribution in [0.4, 0.5) is 0 Å². The van der Waals surface area contributed by atoms with E-state index in [4.69, 9.17) is 12.2 Å². The van der Waals surface area contributed by atoms with Gasteiger partial charge in [-0.2, -0.15) is 0 Å². The number of hydrogen-bond donors (Lipinski definition) is 0. The quantitative estimate of drug-likeness (QED) is 0.303. The second kappa shape index (κ2) is 7.95. The summed E-state index contributed by atoms with van der Waals surface area (Å²) in [6.07, 6.45) is 1.89. The summed E-state index contributed by atoms with van der Waals surface area (Å²) in [5.41, 5.74) is 0. The minimum atomic E-state index is 0.950. The summed E-state index contributed by atoms with van der Waals surface area (Å²) in [4.78, 5) is 2.18. The van der Waals surface area contributed by atoms with Crippen molar-refractivity contribution in [3.05, 3.63) is 12.7 Å². The molecule has 0 aliphatic heterocycles. The van der Waals surface area contributed by atoms with Crippen molar-refractivity contribution in [3.8, 4) is 0 Å². The van der Waals surface area contributed by atoms with Crippen LogP contribution in [0.3, 0.4) is 0 Å². The van der Waals surface area contributed by atoms with E-state index in [0.29, 0.717) is 0 Å². The van der Waals surface area contributed by atoms with Crippen LogP contribution in [0.15, 0.2) is 12.7 Å². The molecule has 0 spiro atoms. The first-order valence-electron chi connectivity index (χ1n) is 3.95. The van der Waals surface area contributed by atoms with Crippen molar-refractivity contribution in [1.82, 2.24) is 4.90 Å². The summed E-state index contributed by atoms with van der Waals surface area (Å²) >= 11 is 5.22.